The Morgan fingerprint density at radius 2 is 1.32 bits per heavy atom. The summed E-state index contributed by atoms with van der Waals surface area (Å²) in [5.41, 5.74) is 7.53. The number of nitrogens with zero attached hydrogens (tertiary/aromatic N) is 1. The summed E-state index contributed by atoms with van der Waals surface area (Å²) in [5, 5.41) is 0. The van der Waals surface area contributed by atoms with Gasteiger partial charge < -0.3 is 4.42 Å². The van der Waals surface area contributed by atoms with Gasteiger partial charge >= 0.3 is 0 Å². The zero-order chi connectivity index (χ0) is 23.1. The lowest BCUT2D eigenvalue weighted by atomic mass is 9.98. The molecule has 2 nitrogen and oxygen atoms in total. The molecule has 0 unspecified atom stereocenters. The minimum Gasteiger partial charge on any atom is -0.440 e. The van der Waals surface area contributed by atoms with E-state index in [0.717, 1.165) is 29.3 Å². The van der Waals surface area contributed by atoms with E-state index >= 15 is 0 Å². The summed E-state index contributed by atoms with van der Waals surface area (Å²) in [6.45, 7) is 19.5. The average molecular weight is 420 g/mol. The third kappa shape index (κ3) is 7.38. The van der Waals surface area contributed by atoms with E-state index in [4.69, 9.17) is 4.42 Å². The molecule has 2 aromatic carbocycles. The van der Waals surface area contributed by atoms with E-state index in [2.05, 4.69) is 110 Å². The molecule has 0 radical (unpaired) electrons. The molecule has 0 bridgehead atoms. The molecule has 0 atom stereocenters. The summed E-state index contributed by atoms with van der Waals surface area (Å²) >= 11 is 0. The number of rotatable bonds is 3. The molecule has 1 aliphatic rings. The molecule has 1 aromatic heterocycles. The Bertz CT molecular complexity index is 980. The van der Waals surface area contributed by atoms with Crippen molar-refractivity contribution in [3.05, 3.63) is 70.6 Å². The van der Waals surface area contributed by atoms with Crippen molar-refractivity contribution in [2.24, 2.45) is 5.92 Å². The quantitative estimate of drug-likeness (QED) is 0.423. The highest BCUT2D eigenvalue weighted by atomic mass is 16.3. The minimum absolute atomic E-state index is 0.347. The predicted octanol–water partition coefficient (Wildman–Crippen LogP) is 9.12. The van der Waals surface area contributed by atoms with E-state index in [1.165, 1.54) is 22.3 Å². The summed E-state index contributed by atoms with van der Waals surface area (Å²) < 4.78 is 5.65. The van der Waals surface area contributed by atoms with Crippen molar-refractivity contribution in [3.8, 4) is 0 Å². The molecular weight excluding hydrogens is 378 g/mol. The maximum atomic E-state index is 5.65. The van der Waals surface area contributed by atoms with Crippen molar-refractivity contribution < 1.29 is 4.42 Å². The lowest BCUT2D eigenvalue weighted by Gasteiger charge is -2.07. The fourth-order valence-electron chi connectivity index (χ4n) is 3.21. The molecule has 31 heavy (non-hydrogen) atoms. The van der Waals surface area contributed by atoms with Crippen LogP contribution in [-0.4, -0.2) is 4.98 Å². The van der Waals surface area contributed by atoms with Crippen molar-refractivity contribution in [3.63, 3.8) is 0 Å². The molecule has 1 aliphatic carbocycles. The number of hydrogen-bond donors (Lipinski definition) is 0. The molecule has 0 spiro atoms. The fraction of sp³-hybridized carbons (Fsp3) is 0.483. The van der Waals surface area contributed by atoms with Crippen LogP contribution in [0.15, 0.2) is 46.9 Å². The summed E-state index contributed by atoms with van der Waals surface area (Å²) in [4.78, 5) is 4.49. The normalized spacial score (nSPS) is 12.3. The van der Waals surface area contributed by atoms with E-state index in [9.17, 15) is 0 Å². The van der Waals surface area contributed by atoms with Crippen LogP contribution in [0.4, 0.5) is 0 Å². The van der Waals surface area contributed by atoms with Crippen molar-refractivity contribution in [2.75, 3.05) is 0 Å². The van der Waals surface area contributed by atoms with E-state index < -0.39 is 0 Å². The Labute approximate surface area is 189 Å². The molecule has 4 rings (SSSR count). The summed E-state index contributed by atoms with van der Waals surface area (Å²) in [6, 6.07) is 13.1. The van der Waals surface area contributed by atoms with Crippen LogP contribution >= 0.6 is 0 Å². The maximum absolute atomic E-state index is 5.65. The third-order valence-electron chi connectivity index (χ3n) is 5.06. The molecule has 0 saturated carbocycles. The van der Waals surface area contributed by atoms with Crippen LogP contribution in [0.5, 0.6) is 0 Å². The van der Waals surface area contributed by atoms with Gasteiger partial charge in [-0.1, -0.05) is 98.7 Å². The first-order valence-electron chi connectivity index (χ1n) is 11.8. The van der Waals surface area contributed by atoms with Crippen LogP contribution in [0, 0.1) is 5.92 Å². The van der Waals surface area contributed by atoms with Crippen LogP contribution in [0.25, 0.3) is 17.2 Å². The van der Waals surface area contributed by atoms with E-state index in [0.29, 0.717) is 17.8 Å². The van der Waals surface area contributed by atoms with Gasteiger partial charge in [0.2, 0.25) is 0 Å². The van der Waals surface area contributed by atoms with Crippen molar-refractivity contribution >= 4 is 17.2 Å². The Hall–Kier alpha value is -2.35. The van der Waals surface area contributed by atoms with Crippen LogP contribution in [0.2, 0.25) is 0 Å². The van der Waals surface area contributed by atoms with Gasteiger partial charge in [0.15, 0.2) is 11.5 Å². The van der Waals surface area contributed by atoms with Gasteiger partial charge in [-0.2, -0.15) is 0 Å². The van der Waals surface area contributed by atoms with Crippen LogP contribution in [0.1, 0.15) is 108 Å². The van der Waals surface area contributed by atoms with E-state index in [1.807, 2.05) is 6.07 Å². The molecule has 0 N–H and O–H groups in total. The lowest BCUT2D eigenvalue weighted by molar-refractivity contribution is 0.501. The van der Waals surface area contributed by atoms with Crippen LogP contribution < -0.4 is 0 Å². The van der Waals surface area contributed by atoms with Crippen LogP contribution in [-0.2, 0) is 6.42 Å². The second kappa shape index (κ2) is 11.3. The van der Waals surface area contributed by atoms with Gasteiger partial charge in [-0.15, -0.1) is 0 Å². The molecule has 168 valence electrons. The number of benzene rings is 2. The highest BCUT2D eigenvalue weighted by Gasteiger charge is 2.10. The molecule has 0 fully saturated rings. The number of hydrogen-bond acceptors (Lipinski definition) is 2. The second-order valence-corrected chi connectivity index (χ2v) is 10.0. The van der Waals surface area contributed by atoms with Crippen molar-refractivity contribution in [1.82, 2.24) is 4.98 Å². The molecule has 0 aliphatic heterocycles. The van der Waals surface area contributed by atoms with Gasteiger partial charge in [-0.3, -0.25) is 0 Å². The standard InChI is InChI=1S/C13H17NO.C12H14.C4H10/c1-8(2)10-5-6-12-11(7-10)14-13(15-12)9(3)4;1-9(2)11-7-6-10-4-3-5-12(10)8-11;1-4(2)3/h5-9H,1-4H3;3-4,6-9H,5H2,1-2H3;4H,1-3H3. The predicted molar refractivity (Wildman–Crippen MR) is 136 cm³/mol. The van der Waals surface area contributed by atoms with Crippen molar-refractivity contribution in [2.45, 2.75) is 86.5 Å². The molecule has 1 heterocycles. The summed E-state index contributed by atoms with van der Waals surface area (Å²) in [6.07, 6.45) is 5.56. The molecule has 2 heteroatoms. The van der Waals surface area contributed by atoms with Crippen LogP contribution in [0.3, 0.4) is 0 Å². The average Bonchev–Trinajstić information content (AvgIpc) is 3.33. The molecule has 0 amide bonds. The lowest BCUT2D eigenvalue weighted by Crippen LogP contribution is -1.90. The van der Waals surface area contributed by atoms with Gasteiger partial charge in [-0.25, -0.2) is 4.98 Å². The first kappa shape index (κ1) is 24.9. The fourth-order valence-corrected chi connectivity index (χ4v) is 3.21. The zero-order valence-corrected chi connectivity index (χ0v) is 21.0. The highest BCUT2D eigenvalue weighted by molar-refractivity contribution is 5.73. The topological polar surface area (TPSA) is 26.0 Å². The third-order valence-corrected chi connectivity index (χ3v) is 5.06. The molecular formula is C29H41NO. The number of oxazole rings is 1. The molecule has 0 saturated heterocycles. The smallest absolute Gasteiger partial charge is 0.198 e. The van der Waals surface area contributed by atoms with E-state index in [-0.39, 0.29) is 0 Å². The van der Waals surface area contributed by atoms with Crippen molar-refractivity contribution in [1.29, 1.82) is 0 Å². The number of allylic oxidation sites excluding steroid dienone is 1. The number of aromatic nitrogens is 1. The maximum Gasteiger partial charge on any atom is 0.198 e. The monoisotopic (exact) mass is 419 g/mol. The van der Waals surface area contributed by atoms with Gasteiger partial charge in [-0.05, 0) is 58.6 Å². The summed E-state index contributed by atoms with van der Waals surface area (Å²) in [5.74, 6) is 3.19. The highest BCUT2D eigenvalue weighted by Crippen LogP contribution is 2.25. The minimum atomic E-state index is 0.347. The zero-order valence-electron chi connectivity index (χ0n) is 21.0. The first-order valence-corrected chi connectivity index (χ1v) is 11.8. The Morgan fingerprint density at radius 3 is 1.90 bits per heavy atom. The number of fused-ring (bicyclic) bond motifs is 2. The van der Waals surface area contributed by atoms with Gasteiger partial charge in [0.05, 0.1) is 0 Å². The Morgan fingerprint density at radius 1 is 0.742 bits per heavy atom. The second-order valence-electron chi connectivity index (χ2n) is 10.0. The van der Waals surface area contributed by atoms with E-state index in [1.54, 1.807) is 0 Å². The molecule has 3 aromatic rings. The SMILES string of the molecule is CC(C)C.CC(C)c1ccc2c(c1)CC=C2.CC(C)c1ccc2oc(C(C)C)nc2c1. The Kier molecular flexibility index (Phi) is 9.10. The Balaban J connectivity index is 0.000000192. The van der Waals surface area contributed by atoms with Gasteiger partial charge in [0, 0.05) is 5.92 Å². The largest absolute Gasteiger partial charge is 0.440 e. The first-order chi connectivity index (χ1) is 14.6. The van der Waals surface area contributed by atoms with Gasteiger partial charge in [0.25, 0.3) is 0 Å². The van der Waals surface area contributed by atoms with Gasteiger partial charge in [0.1, 0.15) is 5.52 Å². The summed E-state index contributed by atoms with van der Waals surface area (Å²) in [7, 11) is 0.